The molecule has 0 radical (unpaired) electrons. The van der Waals surface area contributed by atoms with Crippen LogP contribution in [0.3, 0.4) is 0 Å². The van der Waals surface area contributed by atoms with Crippen LogP contribution >= 0.6 is 0 Å². The number of fused-ring (bicyclic) bond motifs is 1. The third-order valence-electron chi connectivity index (χ3n) is 4.58. The molecule has 1 aromatic carbocycles. The summed E-state index contributed by atoms with van der Waals surface area (Å²) in [5, 5.41) is 4.59. The lowest BCUT2D eigenvalue weighted by molar-refractivity contribution is 0.0592. The van der Waals surface area contributed by atoms with Gasteiger partial charge in [0.1, 0.15) is 0 Å². The van der Waals surface area contributed by atoms with Crippen molar-refractivity contribution in [3.63, 3.8) is 0 Å². The van der Waals surface area contributed by atoms with Crippen LogP contribution in [0.5, 0.6) is 11.5 Å². The van der Waals surface area contributed by atoms with E-state index < -0.39 is 15.1 Å². The quantitative estimate of drug-likeness (QED) is 0.809. The minimum atomic E-state index is -3.96. The Labute approximate surface area is 156 Å². The Balaban J connectivity index is 1.34. The number of ether oxygens (including phenoxy) is 2. The van der Waals surface area contributed by atoms with Crippen LogP contribution in [0, 0.1) is 0 Å². The van der Waals surface area contributed by atoms with Crippen LogP contribution < -0.4 is 14.6 Å². The summed E-state index contributed by atoms with van der Waals surface area (Å²) in [6.07, 6.45) is 0. The lowest BCUT2D eigenvalue weighted by Crippen LogP contribution is -2.48. The maximum absolute atomic E-state index is 12.5. The number of nitrogens with zero attached hydrogens (tertiary/aromatic N) is 2. The van der Waals surface area contributed by atoms with Gasteiger partial charge < -0.3 is 18.8 Å². The fourth-order valence-electron chi connectivity index (χ4n) is 3.15. The van der Waals surface area contributed by atoms with Gasteiger partial charge >= 0.3 is 0 Å². The summed E-state index contributed by atoms with van der Waals surface area (Å²) in [6.45, 7) is 3.43. The fourth-order valence-corrected chi connectivity index (χ4v) is 3.61. The van der Waals surface area contributed by atoms with E-state index in [4.69, 9.17) is 19.0 Å². The van der Waals surface area contributed by atoms with Crippen LogP contribution in [-0.4, -0.2) is 57.1 Å². The van der Waals surface area contributed by atoms with Crippen molar-refractivity contribution in [3.05, 3.63) is 41.7 Å². The molecule has 0 bridgehead atoms. The van der Waals surface area contributed by atoms with Gasteiger partial charge in [0.25, 0.3) is 15.9 Å². The second-order valence-electron chi connectivity index (χ2n) is 6.42. The molecule has 0 spiro atoms. The van der Waals surface area contributed by atoms with E-state index in [2.05, 4.69) is 4.90 Å². The van der Waals surface area contributed by atoms with Crippen LogP contribution in [0.25, 0.3) is 0 Å². The van der Waals surface area contributed by atoms with E-state index in [1.807, 2.05) is 18.2 Å². The first-order valence-electron chi connectivity index (χ1n) is 8.43. The summed E-state index contributed by atoms with van der Waals surface area (Å²) in [6, 6.07) is 8.40. The third-order valence-corrected chi connectivity index (χ3v) is 5.36. The monoisotopic (exact) mass is 393 g/mol. The first kappa shape index (κ1) is 17.8. The fraction of sp³-hybridized carbons (Fsp3) is 0.353. The standard InChI is InChI=1S/C17H19N3O6S/c18-27(22,23)16-4-3-14(26-16)17(21)20-7-5-19(6-8-20)10-12-1-2-13-15(9-12)25-11-24-13/h1-4,9H,5-8,10-11H2,(H2,18,22,23). The average Bonchev–Trinajstić information content (AvgIpc) is 3.30. The first-order valence-corrected chi connectivity index (χ1v) is 9.97. The number of carbonyl (C=O) groups excluding carboxylic acids is 1. The Morgan fingerprint density at radius 3 is 2.48 bits per heavy atom. The summed E-state index contributed by atoms with van der Waals surface area (Å²) >= 11 is 0. The van der Waals surface area contributed by atoms with E-state index >= 15 is 0 Å². The normalized spacial score (nSPS) is 17.3. The topological polar surface area (TPSA) is 115 Å². The Morgan fingerprint density at radius 2 is 1.78 bits per heavy atom. The maximum atomic E-state index is 12.5. The molecule has 2 N–H and O–H groups in total. The van der Waals surface area contributed by atoms with Gasteiger partial charge in [0.15, 0.2) is 17.3 Å². The maximum Gasteiger partial charge on any atom is 0.289 e. The van der Waals surface area contributed by atoms with Gasteiger partial charge in [-0.3, -0.25) is 9.69 Å². The van der Waals surface area contributed by atoms with Crippen LogP contribution in [0.2, 0.25) is 0 Å². The number of hydrogen-bond donors (Lipinski definition) is 1. The molecule has 0 saturated carbocycles. The second-order valence-corrected chi connectivity index (χ2v) is 7.91. The van der Waals surface area contributed by atoms with E-state index in [1.165, 1.54) is 12.1 Å². The van der Waals surface area contributed by atoms with E-state index in [0.29, 0.717) is 26.2 Å². The lowest BCUT2D eigenvalue weighted by Gasteiger charge is -2.34. The van der Waals surface area contributed by atoms with E-state index in [9.17, 15) is 13.2 Å². The molecule has 2 aromatic rings. The molecule has 2 aliphatic heterocycles. The molecule has 144 valence electrons. The molecule has 9 nitrogen and oxygen atoms in total. The van der Waals surface area contributed by atoms with Gasteiger partial charge in [-0.2, -0.15) is 0 Å². The van der Waals surface area contributed by atoms with Crippen molar-refractivity contribution in [3.8, 4) is 11.5 Å². The molecule has 1 aromatic heterocycles. The van der Waals surface area contributed by atoms with E-state index in [-0.39, 0.29) is 18.5 Å². The summed E-state index contributed by atoms with van der Waals surface area (Å²) in [5.74, 6) is 1.15. The molecular formula is C17H19N3O6S. The number of furan rings is 1. The number of nitrogens with two attached hydrogens (primary N) is 1. The van der Waals surface area contributed by atoms with Gasteiger partial charge in [-0.1, -0.05) is 6.07 Å². The zero-order chi connectivity index (χ0) is 19.0. The zero-order valence-electron chi connectivity index (χ0n) is 14.5. The molecule has 2 aliphatic rings. The average molecular weight is 393 g/mol. The molecule has 1 amide bonds. The molecule has 10 heteroatoms. The van der Waals surface area contributed by atoms with Gasteiger partial charge in [0.05, 0.1) is 0 Å². The number of amides is 1. The zero-order valence-corrected chi connectivity index (χ0v) is 15.3. The van der Waals surface area contributed by atoms with Gasteiger partial charge in [-0.05, 0) is 29.8 Å². The lowest BCUT2D eigenvalue weighted by atomic mass is 10.1. The number of carbonyl (C=O) groups is 1. The van der Waals surface area contributed by atoms with Crippen molar-refractivity contribution < 1.29 is 27.1 Å². The molecule has 0 aliphatic carbocycles. The Bertz CT molecular complexity index is 963. The van der Waals surface area contributed by atoms with Crippen LogP contribution in [0.4, 0.5) is 0 Å². The van der Waals surface area contributed by atoms with Crippen molar-refractivity contribution in [2.24, 2.45) is 5.14 Å². The minimum absolute atomic E-state index is 0.0248. The van der Waals surface area contributed by atoms with Crippen LogP contribution in [-0.2, 0) is 16.6 Å². The Kier molecular flexibility index (Phi) is 4.54. The van der Waals surface area contributed by atoms with E-state index in [0.717, 1.165) is 23.6 Å². The van der Waals surface area contributed by atoms with Gasteiger partial charge in [0, 0.05) is 32.7 Å². The molecule has 3 heterocycles. The number of piperazine rings is 1. The van der Waals surface area contributed by atoms with E-state index in [1.54, 1.807) is 4.90 Å². The first-order chi connectivity index (χ1) is 12.9. The summed E-state index contributed by atoms with van der Waals surface area (Å²) in [5.41, 5.74) is 1.11. The van der Waals surface area contributed by atoms with Gasteiger partial charge in [0.2, 0.25) is 11.9 Å². The molecule has 4 rings (SSSR count). The summed E-state index contributed by atoms with van der Waals surface area (Å²) < 4.78 is 38.3. The second kappa shape index (κ2) is 6.87. The number of hydrogen-bond acceptors (Lipinski definition) is 7. The van der Waals surface area contributed by atoms with Gasteiger partial charge in [-0.25, -0.2) is 13.6 Å². The predicted molar refractivity (Wildman–Crippen MR) is 93.8 cm³/mol. The van der Waals surface area contributed by atoms with Crippen molar-refractivity contribution >= 4 is 15.9 Å². The van der Waals surface area contributed by atoms with Gasteiger partial charge in [-0.15, -0.1) is 0 Å². The van der Waals surface area contributed by atoms with Crippen molar-refractivity contribution in [2.45, 2.75) is 11.6 Å². The summed E-state index contributed by atoms with van der Waals surface area (Å²) in [7, 11) is -3.96. The molecule has 0 unspecified atom stereocenters. The highest BCUT2D eigenvalue weighted by Crippen LogP contribution is 2.32. The molecule has 1 fully saturated rings. The summed E-state index contributed by atoms with van der Waals surface area (Å²) in [4.78, 5) is 16.4. The molecular weight excluding hydrogens is 374 g/mol. The Hall–Kier alpha value is -2.56. The van der Waals surface area contributed by atoms with Crippen molar-refractivity contribution in [1.82, 2.24) is 9.80 Å². The van der Waals surface area contributed by atoms with Crippen molar-refractivity contribution in [2.75, 3.05) is 33.0 Å². The number of sulfonamides is 1. The third kappa shape index (κ3) is 3.77. The number of benzene rings is 1. The van der Waals surface area contributed by atoms with Crippen LogP contribution in [0.15, 0.2) is 39.8 Å². The number of rotatable bonds is 4. The smallest absolute Gasteiger partial charge is 0.289 e. The highest BCUT2D eigenvalue weighted by atomic mass is 32.2. The Morgan fingerprint density at radius 1 is 1.04 bits per heavy atom. The van der Waals surface area contributed by atoms with Crippen molar-refractivity contribution in [1.29, 1.82) is 0 Å². The molecule has 0 atom stereocenters. The predicted octanol–water partition coefficient (Wildman–Crippen LogP) is 0.614. The highest BCUT2D eigenvalue weighted by Gasteiger charge is 2.26. The molecule has 27 heavy (non-hydrogen) atoms. The number of primary sulfonamides is 1. The highest BCUT2D eigenvalue weighted by molar-refractivity contribution is 7.89. The molecule has 1 saturated heterocycles. The van der Waals surface area contributed by atoms with Crippen LogP contribution in [0.1, 0.15) is 16.1 Å². The largest absolute Gasteiger partial charge is 0.454 e. The minimum Gasteiger partial charge on any atom is -0.454 e. The SMILES string of the molecule is NS(=O)(=O)c1ccc(C(=O)N2CCN(Cc3ccc4c(c3)OCO4)CC2)o1.